The van der Waals surface area contributed by atoms with Gasteiger partial charge in [0.1, 0.15) is 13.6 Å². The zero-order valence-corrected chi connectivity index (χ0v) is 33.0. The molecule has 6 aliphatic rings. The predicted molar refractivity (Wildman–Crippen MR) is 197 cm³/mol. The summed E-state index contributed by atoms with van der Waals surface area (Å²) in [5.74, 6) is 0. The molecule has 0 amide bonds. The van der Waals surface area contributed by atoms with Crippen LogP contribution in [0.15, 0.2) is 0 Å². The van der Waals surface area contributed by atoms with E-state index in [-0.39, 0.29) is 0 Å². The minimum absolute atomic E-state index is 0.385. The van der Waals surface area contributed by atoms with Crippen molar-refractivity contribution >= 4 is 39.1 Å². The summed E-state index contributed by atoms with van der Waals surface area (Å²) in [4.78, 5) is 16.0. The summed E-state index contributed by atoms with van der Waals surface area (Å²) in [6.07, 6.45) is 47.2. The standard InChI is InChI=1S/2C18H33P.2CH2O.ClH.Ru.H/c2*1-4-10-16(11-5-1)19(17-12-6-2-7-13-17)18-14-8-3-9-15-18;2*1-2;;;/h2*16-18H,1-15H2;2*1H2;1H;;/q;;;;;+1;/p-1. The van der Waals surface area contributed by atoms with Crippen LogP contribution in [0, 0.1) is 0 Å². The molecular formula is C38H71ClO2P2Ru. The van der Waals surface area contributed by atoms with Crippen LogP contribution in [0.3, 0.4) is 0 Å². The molecule has 6 saturated carbocycles. The third-order valence-corrected chi connectivity index (χ3v) is 20.1. The van der Waals surface area contributed by atoms with Gasteiger partial charge in [0.05, 0.1) is 0 Å². The molecule has 0 heterocycles. The number of halogens is 1. The van der Waals surface area contributed by atoms with Crippen molar-refractivity contribution in [2.24, 2.45) is 0 Å². The first-order chi connectivity index (χ1) is 21.9. The van der Waals surface area contributed by atoms with Crippen molar-refractivity contribution in [2.45, 2.75) is 227 Å². The van der Waals surface area contributed by atoms with Crippen LogP contribution < -0.4 is 0 Å². The quantitative estimate of drug-likeness (QED) is 0.200. The van der Waals surface area contributed by atoms with E-state index in [1.165, 1.54) is 72.5 Å². The van der Waals surface area contributed by atoms with Crippen LogP contribution in [0.1, 0.15) is 193 Å². The third-order valence-electron chi connectivity index (χ3n) is 12.0. The molecule has 0 spiro atoms. The maximum atomic E-state index is 8.00. The van der Waals surface area contributed by atoms with Crippen LogP contribution in [0.4, 0.5) is 0 Å². The van der Waals surface area contributed by atoms with Gasteiger partial charge in [-0.1, -0.05) is 131 Å². The van der Waals surface area contributed by atoms with E-state index >= 15 is 0 Å². The van der Waals surface area contributed by atoms with Gasteiger partial charge in [-0.3, -0.25) is 0 Å². The molecule has 44 heavy (non-hydrogen) atoms. The van der Waals surface area contributed by atoms with Crippen LogP contribution in [0.5, 0.6) is 0 Å². The SMILES string of the molecule is C1CCC(P(C2CCCCC2)C2CCCCC2)CC1.C1CCC(P(C2CCCCC2)C2CCCCC2)CC1.C=O.C=O.[Cl][RuH]. The second-order valence-corrected chi connectivity index (χ2v) is 20.8. The average molecular weight is 758 g/mol. The van der Waals surface area contributed by atoms with E-state index in [0.717, 1.165) is 0 Å². The van der Waals surface area contributed by atoms with Gasteiger partial charge in [0, 0.05) is 0 Å². The second kappa shape index (κ2) is 27.0. The van der Waals surface area contributed by atoms with Crippen LogP contribution >= 0.6 is 25.5 Å². The molecule has 6 heteroatoms. The Kier molecular flexibility index (Phi) is 25.3. The molecule has 6 fully saturated rings. The Labute approximate surface area is 291 Å². The van der Waals surface area contributed by atoms with Gasteiger partial charge < -0.3 is 9.59 Å². The summed E-state index contributed by atoms with van der Waals surface area (Å²) in [7, 11) is 5.38. The van der Waals surface area contributed by atoms with Crippen LogP contribution in [-0.4, -0.2) is 47.5 Å². The van der Waals surface area contributed by atoms with Gasteiger partial charge in [0.25, 0.3) is 0 Å². The van der Waals surface area contributed by atoms with Gasteiger partial charge in [0.15, 0.2) is 0 Å². The Bertz CT molecular complexity index is 510. The van der Waals surface area contributed by atoms with Crippen molar-refractivity contribution in [3.8, 4) is 0 Å². The van der Waals surface area contributed by atoms with Gasteiger partial charge in [-0.15, -0.1) is 0 Å². The van der Waals surface area contributed by atoms with Crippen molar-refractivity contribution in [3.05, 3.63) is 0 Å². The molecule has 0 aromatic rings. The van der Waals surface area contributed by atoms with Crippen molar-refractivity contribution in [1.29, 1.82) is 0 Å². The van der Waals surface area contributed by atoms with Gasteiger partial charge >= 0.3 is 27.0 Å². The van der Waals surface area contributed by atoms with E-state index in [9.17, 15) is 0 Å². The van der Waals surface area contributed by atoms with E-state index in [1.54, 1.807) is 171 Å². The fourth-order valence-corrected chi connectivity index (χ4v) is 19.4. The Morgan fingerprint density at radius 2 is 0.409 bits per heavy atom. The van der Waals surface area contributed by atoms with Crippen LogP contribution in [0.25, 0.3) is 0 Å². The van der Waals surface area contributed by atoms with Crippen molar-refractivity contribution in [3.63, 3.8) is 0 Å². The number of carbonyl (C=O) groups is 2. The molecular weight excluding hydrogens is 687 g/mol. The van der Waals surface area contributed by atoms with Gasteiger partial charge in [-0.25, -0.2) is 0 Å². The number of hydrogen-bond acceptors (Lipinski definition) is 2. The zero-order chi connectivity index (χ0) is 31.8. The molecule has 0 aromatic carbocycles. The van der Waals surface area contributed by atoms with E-state index in [0.29, 0.717) is 15.8 Å². The Balaban J connectivity index is 0.000000263. The van der Waals surface area contributed by atoms with Gasteiger partial charge in [0.2, 0.25) is 0 Å². The number of hydrogen-bond donors (Lipinski definition) is 0. The summed E-state index contributed by atoms with van der Waals surface area (Å²) in [5, 5.41) is 0. The Hall–Kier alpha value is 1.11. The predicted octanol–water partition coefficient (Wildman–Crippen LogP) is 13.0. The molecule has 0 saturated heterocycles. The summed E-state index contributed by atoms with van der Waals surface area (Å²) >= 11 is 1.62. The zero-order valence-electron chi connectivity index (χ0n) is 28.6. The molecule has 0 aromatic heterocycles. The molecule has 0 aliphatic heterocycles. The molecule has 0 radical (unpaired) electrons. The fraction of sp³-hybridized carbons (Fsp3) is 0.947. The summed E-state index contributed by atoms with van der Waals surface area (Å²) in [6.45, 7) is 4.00. The van der Waals surface area contributed by atoms with Gasteiger partial charge in [-0.2, -0.15) is 0 Å². The molecule has 0 unspecified atom stereocenters. The first-order valence-electron chi connectivity index (χ1n) is 19.2. The summed E-state index contributed by atoms with van der Waals surface area (Å²) < 4.78 is 0. The third kappa shape index (κ3) is 14.3. The molecule has 0 bridgehead atoms. The van der Waals surface area contributed by atoms with Crippen molar-refractivity contribution < 1.29 is 26.9 Å². The Morgan fingerprint density at radius 3 is 0.523 bits per heavy atom. The van der Waals surface area contributed by atoms with E-state index in [2.05, 4.69) is 9.69 Å². The fourth-order valence-electron chi connectivity index (χ4n) is 10.1. The average Bonchev–Trinajstić information content (AvgIpc) is 3.14. The van der Waals surface area contributed by atoms with E-state index in [1.807, 2.05) is 13.6 Å². The molecule has 6 aliphatic carbocycles. The molecule has 0 atom stereocenters. The monoisotopic (exact) mass is 758 g/mol. The maximum absolute atomic E-state index is 8.00. The molecule has 260 valence electrons. The summed E-state index contributed by atoms with van der Waals surface area (Å²) in [6, 6.07) is 0. The number of carbonyl (C=O) groups excluding carboxylic acids is 2. The van der Waals surface area contributed by atoms with E-state index < -0.39 is 0 Å². The number of rotatable bonds is 6. The van der Waals surface area contributed by atoms with Crippen molar-refractivity contribution in [2.75, 3.05) is 0 Å². The molecule has 0 N–H and O–H groups in total. The second-order valence-electron chi connectivity index (χ2n) is 14.6. The minimum atomic E-state index is 0.385. The first-order valence-corrected chi connectivity index (χ1v) is 24.7. The normalized spacial score (nSPS) is 25.3. The van der Waals surface area contributed by atoms with Crippen LogP contribution in [0.2, 0.25) is 0 Å². The first kappa shape index (κ1) is 41.3. The topological polar surface area (TPSA) is 34.1 Å². The van der Waals surface area contributed by atoms with E-state index in [4.69, 9.17) is 9.59 Å². The molecule has 2 nitrogen and oxygen atoms in total. The summed E-state index contributed by atoms with van der Waals surface area (Å²) in [5.41, 5.74) is 7.14. The molecule has 6 rings (SSSR count). The van der Waals surface area contributed by atoms with Gasteiger partial charge in [-0.05, 0) is 111 Å². The van der Waals surface area contributed by atoms with Crippen LogP contribution in [-0.2, 0) is 26.9 Å². The van der Waals surface area contributed by atoms with Crippen molar-refractivity contribution in [1.82, 2.24) is 0 Å². The Morgan fingerprint density at radius 1 is 0.295 bits per heavy atom.